The third-order valence-corrected chi connectivity index (χ3v) is 3.81. The van der Waals surface area contributed by atoms with Gasteiger partial charge in [-0.25, -0.2) is 0 Å². The van der Waals surface area contributed by atoms with Crippen LogP contribution < -0.4 is 19.5 Å². The molecular formula is C21H25NO5. The van der Waals surface area contributed by atoms with Crippen LogP contribution in [0.15, 0.2) is 48.5 Å². The van der Waals surface area contributed by atoms with E-state index in [2.05, 4.69) is 5.32 Å². The third kappa shape index (κ3) is 6.04. The Bertz CT molecular complexity index is 759. The molecule has 1 N–H and O–H groups in total. The monoisotopic (exact) mass is 371 g/mol. The Morgan fingerprint density at radius 3 is 2.37 bits per heavy atom. The van der Waals surface area contributed by atoms with E-state index in [0.717, 1.165) is 5.56 Å². The molecule has 0 saturated carbocycles. The smallest absolute Gasteiger partial charge is 0.244 e. The topological polar surface area (TPSA) is 66.0 Å². The van der Waals surface area contributed by atoms with Crippen molar-refractivity contribution in [3.05, 3.63) is 59.7 Å². The number of amides is 1. The lowest BCUT2D eigenvalue weighted by molar-refractivity contribution is -0.116. The molecule has 6 heteroatoms. The molecule has 1 amide bonds. The Morgan fingerprint density at radius 2 is 1.70 bits per heavy atom. The van der Waals surface area contributed by atoms with E-state index in [9.17, 15) is 4.79 Å². The average molecular weight is 371 g/mol. The highest BCUT2D eigenvalue weighted by molar-refractivity contribution is 5.92. The number of hydrogen-bond donors (Lipinski definition) is 1. The second-order valence-corrected chi connectivity index (χ2v) is 5.59. The van der Waals surface area contributed by atoms with Crippen LogP contribution in [0.2, 0.25) is 0 Å². The van der Waals surface area contributed by atoms with E-state index in [4.69, 9.17) is 18.9 Å². The summed E-state index contributed by atoms with van der Waals surface area (Å²) in [5, 5.41) is 2.78. The van der Waals surface area contributed by atoms with Gasteiger partial charge in [-0.05, 0) is 23.8 Å². The molecular weight excluding hydrogens is 346 g/mol. The molecule has 0 heterocycles. The molecule has 0 saturated heterocycles. The van der Waals surface area contributed by atoms with Crippen LogP contribution >= 0.6 is 0 Å². The van der Waals surface area contributed by atoms with Crippen LogP contribution in [-0.2, 0) is 16.1 Å². The lowest BCUT2D eigenvalue weighted by atomic mass is 10.1. The molecule has 0 spiro atoms. The zero-order valence-electron chi connectivity index (χ0n) is 15.9. The van der Waals surface area contributed by atoms with E-state index in [1.165, 1.54) is 13.2 Å². The molecule has 27 heavy (non-hydrogen) atoms. The summed E-state index contributed by atoms with van der Waals surface area (Å²) < 4.78 is 21.5. The molecule has 144 valence electrons. The molecule has 2 rings (SSSR count). The fourth-order valence-electron chi connectivity index (χ4n) is 2.49. The van der Waals surface area contributed by atoms with E-state index in [1.807, 2.05) is 30.3 Å². The van der Waals surface area contributed by atoms with Crippen LogP contribution in [0.25, 0.3) is 6.08 Å². The molecule has 0 atom stereocenters. The zero-order valence-corrected chi connectivity index (χ0v) is 15.9. The van der Waals surface area contributed by atoms with Crippen molar-refractivity contribution in [2.75, 3.05) is 34.5 Å². The number of nitrogens with one attached hydrogen (secondary N) is 1. The second-order valence-electron chi connectivity index (χ2n) is 5.59. The quantitative estimate of drug-likeness (QED) is 0.514. The minimum Gasteiger partial charge on any atom is -0.493 e. The first-order chi connectivity index (χ1) is 13.2. The van der Waals surface area contributed by atoms with Crippen LogP contribution in [0.3, 0.4) is 0 Å². The van der Waals surface area contributed by atoms with Crippen molar-refractivity contribution in [1.29, 1.82) is 0 Å². The standard InChI is InChI=1S/C21H25NO5/c1-24-18-11-9-17(20(25-2)21(18)26-3)10-12-19(23)22-13-14-27-15-16-7-5-4-6-8-16/h4-12H,13-15H2,1-3H3,(H,22,23)/b12-10+. The van der Waals surface area contributed by atoms with E-state index in [1.54, 1.807) is 32.4 Å². The Morgan fingerprint density at radius 1 is 0.963 bits per heavy atom. The maximum absolute atomic E-state index is 12.0. The highest BCUT2D eigenvalue weighted by Gasteiger charge is 2.14. The summed E-state index contributed by atoms with van der Waals surface area (Å²) in [6.45, 7) is 1.39. The maximum atomic E-state index is 12.0. The first kappa shape index (κ1) is 20.3. The number of carbonyl (C=O) groups is 1. The summed E-state index contributed by atoms with van der Waals surface area (Å²) in [5.41, 5.74) is 1.81. The lowest BCUT2D eigenvalue weighted by Gasteiger charge is -2.13. The Labute approximate surface area is 159 Å². The van der Waals surface area contributed by atoms with Gasteiger partial charge >= 0.3 is 0 Å². The molecule has 0 aliphatic rings. The highest BCUT2D eigenvalue weighted by Crippen LogP contribution is 2.40. The van der Waals surface area contributed by atoms with Crippen molar-refractivity contribution >= 4 is 12.0 Å². The Hall–Kier alpha value is -2.99. The average Bonchev–Trinajstić information content (AvgIpc) is 2.71. The van der Waals surface area contributed by atoms with Gasteiger partial charge in [-0.15, -0.1) is 0 Å². The van der Waals surface area contributed by atoms with Gasteiger partial charge in [-0.2, -0.15) is 0 Å². The van der Waals surface area contributed by atoms with Crippen molar-refractivity contribution in [2.24, 2.45) is 0 Å². The summed E-state index contributed by atoms with van der Waals surface area (Å²) in [4.78, 5) is 12.0. The van der Waals surface area contributed by atoms with Gasteiger partial charge in [0.05, 0.1) is 34.5 Å². The predicted molar refractivity (Wildman–Crippen MR) is 104 cm³/mol. The molecule has 0 aromatic heterocycles. The Balaban J connectivity index is 1.84. The van der Waals surface area contributed by atoms with Gasteiger partial charge in [0.25, 0.3) is 0 Å². The van der Waals surface area contributed by atoms with Crippen LogP contribution in [0.5, 0.6) is 17.2 Å². The SMILES string of the molecule is COc1ccc(/C=C/C(=O)NCCOCc2ccccc2)c(OC)c1OC. The minimum absolute atomic E-state index is 0.213. The molecule has 0 radical (unpaired) electrons. The van der Waals surface area contributed by atoms with Gasteiger partial charge in [-0.1, -0.05) is 30.3 Å². The molecule has 0 aliphatic carbocycles. The van der Waals surface area contributed by atoms with E-state index < -0.39 is 0 Å². The predicted octanol–water partition coefficient (Wildman–Crippen LogP) is 3.06. The molecule has 2 aromatic carbocycles. The number of ether oxygens (including phenoxy) is 4. The number of carbonyl (C=O) groups excluding carboxylic acids is 1. The molecule has 0 aliphatic heterocycles. The van der Waals surface area contributed by atoms with Crippen molar-refractivity contribution in [3.63, 3.8) is 0 Å². The molecule has 0 fully saturated rings. The molecule has 6 nitrogen and oxygen atoms in total. The molecule has 0 unspecified atom stereocenters. The van der Waals surface area contributed by atoms with E-state index >= 15 is 0 Å². The van der Waals surface area contributed by atoms with Crippen LogP contribution in [0.4, 0.5) is 0 Å². The fourth-order valence-corrected chi connectivity index (χ4v) is 2.49. The largest absolute Gasteiger partial charge is 0.493 e. The van der Waals surface area contributed by atoms with Gasteiger partial charge in [-0.3, -0.25) is 4.79 Å². The van der Waals surface area contributed by atoms with Gasteiger partial charge in [0.2, 0.25) is 11.7 Å². The summed E-state index contributed by atoms with van der Waals surface area (Å²) in [7, 11) is 4.63. The van der Waals surface area contributed by atoms with Crippen LogP contribution in [0, 0.1) is 0 Å². The van der Waals surface area contributed by atoms with Crippen LogP contribution in [-0.4, -0.2) is 40.4 Å². The molecule has 2 aromatic rings. The summed E-state index contributed by atoms with van der Waals surface area (Å²) in [6, 6.07) is 13.4. The number of hydrogen-bond acceptors (Lipinski definition) is 5. The van der Waals surface area contributed by atoms with Crippen LogP contribution in [0.1, 0.15) is 11.1 Å². The zero-order chi connectivity index (χ0) is 19.5. The van der Waals surface area contributed by atoms with Crippen molar-refractivity contribution in [3.8, 4) is 17.2 Å². The lowest BCUT2D eigenvalue weighted by Crippen LogP contribution is -2.25. The first-order valence-electron chi connectivity index (χ1n) is 8.56. The molecule has 0 bridgehead atoms. The third-order valence-electron chi connectivity index (χ3n) is 3.81. The number of benzene rings is 2. The van der Waals surface area contributed by atoms with Crippen molar-refractivity contribution in [2.45, 2.75) is 6.61 Å². The fraction of sp³-hybridized carbons (Fsp3) is 0.286. The number of methoxy groups -OCH3 is 3. The van der Waals surface area contributed by atoms with E-state index in [-0.39, 0.29) is 5.91 Å². The number of rotatable bonds is 10. The summed E-state index contributed by atoms with van der Waals surface area (Å²) in [5.74, 6) is 1.34. The summed E-state index contributed by atoms with van der Waals surface area (Å²) >= 11 is 0. The van der Waals surface area contributed by atoms with Gasteiger partial charge in [0.1, 0.15) is 0 Å². The summed E-state index contributed by atoms with van der Waals surface area (Å²) in [6.07, 6.45) is 3.11. The van der Waals surface area contributed by atoms with Gasteiger partial charge in [0.15, 0.2) is 11.5 Å². The minimum atomic E-state index is -0.213. The van der Waals surface area contributed by atoms with Gasteiger partial charge < -0.3 is 24.3 Å². The van der Waals surface area contributed by atoms with Gasteiger partial charge in [0, 0.05) is 18.2 Å². The first-order valence-corrected chi connectivity index (χ1v) is 8.56. The highest BCUT2D eigenvalue weighted by atomic mass is 16.5. The van der Waals surface area contributed by atoms with Crippen molar-refractivity contribution in [1.82, 2.24) is 5.32 Å². The van der Waals surface area contributed by atoms with E-state index in [0.29, 0.717) is 42.6 Å². The Kier molecular flexibility index (Phi) is 8.19. The normalized spacial score (nSPS) is 10.6. The maximum Gasteiger partial charge on any atom is 0.244 e. The second kappa shape index (κ2) is 10.9. The van der Waals surface area contributed by atoms with Crippen molar-refractivity contribution < 1.29 is 23.7 Å².